The molecule has 19 heavy (non-hydrogen) atoms. The number of benzene rings is 1. The van der Waals surface area contributed by atoms with Gasteiger partial charge < -0.3 is 15.1 Å². The van der Waals surface area contributed by atoms with Gasteiger partial charge in [0, 0.05) is 12.2 Å². The quantitative estimate of drug-likeness (QED) is 0.921. The van der Waals surface area contributed by atoms with Crippen LogP contribution < -0.4 is 10.6 Å². The zero-order chi connectivity index (χ0) is 13.8. The third-order valence-corrected chi connectivity index (χ3v) is 2.77. The van der Waals surface area contributed by atoms with Gasteiger partial charge in [-0.15, -0.1) is 0 Å². The number of nitrogens with two attached hydrogens (primary N) is 1. The van der Waals surface area contributed by atoms with Gasteiger partial charge in [-0.25, -0.2) is 4.39 Å². The van der Waals surface area contributed by atoms with Crippen molar-refractivity contribution in [1.82, 2.24) is 0 Å². The Kier molecular flexibility index (Phi) is 3.97. The maximum atomic E-state index is 12.9. The van der Waals surface area contributed by atoms with Gasteiger partial charge >= 0.3 is 0 Å². The molecule has 0 aliphatic rings. The summed E-state index contributed by atoms with van der Waals surface area (Å²) in [6.07, 6.45) is 0. The molecule has 2 N–H and O–H groups in total. The average Bonchev–Trinajstić information content (AvgIpc) is 2.90. The number of halogens is 1. The molecule has 0 saturated carbocycles. The number of rotatable bonds is 4. The van der Waals surface area contributed by atoms with Gasteiger partial charge in [0.2, 0.25) is 0 Å². The fourth-order valence-electron chi connectivity index (χ4n) is 1.80. The number of hydrogen-bond acceptors (Lipinski definition) is 3. The number of hydrogen-bond donors (Lipinski definition) is 1. The van der Waals surface area contributed by atoms with Gasteiger partial charge in [-0.2, -0.15) is 0 Å². The summed E-state index contributed by atoms with van der Waals surface area (Å²) in [5.41, 5.74) is 6.06. The molecule has 100 valence electrons. The smallest absolute Gasteiger partial charge is 0.293 e. The zero-order valence-corrected chi connectivity index (χ0v) is 10.6. The van der Waals surface area contributed by atoms with Crippen LogP contribution >= 0.6 is 0 Å². The minimum Gasteiger partial charge on any atom is -0.455 e. The lowest BCUT2D eigenvalue weighted by molar-refractivity contribution is 0.0960. The van der Waals surface area contributed by atoms with Crippen molar-refractivity contribution in [3.63, 3.8) is 0 Å². The second-order valence-electron chi connectivity index (χ2n) is 4.00. The molecule has 0 unspecified atom stereocenters. The maximum absolute atomic E-state index is 12.9. The normalized spacial score (nSPS) is 10.5. The fourth-order valence-corrected chi connectivity index (χ4v) is 1.80. The van der Waals surface area contributed by atoms with Gasteiger partial charge in [-0.1, -0.05) is 0 Å². The monoisotopic (exact) mass is 262 g/mol. The van der Waals surface area contributed by atoms with Crippen LogP contribution in [0.2, 0.25) is 0 Å². The third-order valence-electron chi connectivity index (χ3n) is 2.77. The molecule has 1 heterocycles. The van der Waals surface area contributed by atoms with Crippen molar-refractivity contribution in [3.8, 4) is 0 Å². The topological polar surface area (TPSA) is 59.5 Å². The van der Waals surface area contributed by atoms with Gasteiger partial charge in [0.05, 0.1) is 6.54 Å². The van der Waals surface area contributed by atoms with E-state index in [9.17, 15) is 9.18 Å². The Bertz CT molecular complexity index is 563. The Morgan fingerprint density at radius 1 is 1.26 bits per heavy atom. The molecule has 4 nitrogen and oxygen atoms in total. The van der Waals surface area contributed by atoms with Crippen LogP contribution in [0.25, 0.3) is 0 Å². The standard InChI is InChI=1S/C14H15FN2O2/c1-2-17(11-5-3-10(15)4-6-11)14(18)13-8-7-12(9-16)19-13/h3-8H,2,9,16H2,1H3. The summed E-state index contributed by atoms with van der Waals surface area (Å²) in [5.74, 6) is 0.176. The van der Waals surface area contributed by atoms with Gasteiger partial charge in [-0.05, 0) is 43.3 Å². The van der Waals surface area contributed by atoms with E-state index in [4.69, 9.17) is 10.2 Å². The molecule has 5 heteroatoms. The molecule has 1 amide bonds. The van der Waals surface area contributed by atoms with Gasteiger partial charge in [-0.3, -0.25) is 4.79 Å². The van der Waals surface area contributed by atoms with Crippen molar-refractivity contribution in [3.05, 3.63) is 53.7 Å². The van der Waals surface area contributed by atoms with Crippen LogP contribution in [0.15, 0.2) is 40.8 Å². The highest BCUT2D eigenvalue weighted by atomic mass is 19.1. The highest BCUT2D eigenvalue weighted by Gasteiger charge is 2.19. The van der Waals surface area contributed by atoms with Crippen molar-refractivity contribution in [2.75, 3.05) is 11.4 Å². The summed E-state index contributed by atoms with van der Waals surface area (Å²) in [5, 5.41) is 0. The second-order valence-corrected chi connectivity index (χ2v) is 4.00. The van der Waals surface area contributed by atoms with Crippen molar-refractivity contribution >= 4 is 11.6 Å². The Hall–Kier alpha value is -2.14. The molecular formula is C14H15FN2O2. The van der Waals surface area contributed by atoms with E-state index in [1.807, 2.05) is 6.92 Å². The fraction of sp³-hybridized carbons (Fsp3) is 0.214. The lowest BCUT2D eigenvalue weighted by Crippen LogP contribution is -2.30. The summed E-state index contributed by atoms with van der Waals surface area (Å²) in [4.78, 5) is 13.8. The van der Waals surface area contributed by atoms with Crippen LogP contribution in [-0.4, -0.2) is 12.5 Å². The van der Waals surface area contributed by atoms with E-state index in [0.717, 1.165) is 0 Å². The van der Waals surface area contributed by atoms with E-state index in [0.29, 0.717) is 18.0 Å². The predicted octanol–water partition coefficient (Wildman–Crippen LogP) is 2.54. The molecule has 0 saturated heterocycles. The average molecular weight is 262 g/mol. The van der Waals surface area contributed by atoms with Crippen LogP contribution in [-0.2, 0) is 6.54 Å². The molecule has 2 aromatic rings. The van der Waals surface area contributed by atoms with Crippen LogP contribution in [0.3, 0.4) is 0 Å². The number of carbonyl (C=O) groups excluding carboxylic acids is 1. The molecule has 0 bridgehead atoms. The molecule has 2 rings (SSSR count). The van der Waals surface area contributed by atoms with Crippen LogP contribution in [0.1, 0.15) is 23.2 Å². The molecule has 0 aliphatic heterocycles. The zero-order valence-electron chi connectivity index (χ0n) is 10.6. The molecule has 0 aliphatic carbocycles. The Morgan fingerprint density at radius 2 is 1.95 bits per heavy atom. The Labute approximate surface area is 110 Å². The first-order valence-corrected chi connectivity index (χ1v) is 6.02. The van der Waals surface area contributed by atoms with E-state index in [2.05, 4.69) is 0 Å². The summed E-state index contributed by atoms with van der Waals surface area (Å²) in [6, 6.07) is 9.02. The van der Waals surface area contributed by atoms with Gasteiger partial charge in [0.25, 0.3) is 5.91 Å². The largest absolute Gasteiger partial charge is 0.455 e. The lowest BCUT2D eigenvalue weighted by Gasteiger charge is -2.19. The molecule has 1 aromatic heterocycles. The van der Waals surface area contributed by atoms with Crippen molar-refractivity contribution in [1.29, 1.82) is 0 Å². The molecule has 0 spiro atoms. The highest BCUT2D eigenvalue weighted by molar-refractivity contribution is 6.04. The van der Waals surface area contributed by atoms with Crippen LogP contribution in [0.4, 0.5) is 10.1 Å². The number of carbonyl (C=O) groups is 1. The van der Waals surface area contributed by atoms with Gasteiger partial charge in [0.15, 0.2) is 5.76 Å². The van der Waals surface area contributed by atoms with E-state index in [1.54, 1.807) is 24.3 Å². The second kappa shape index (κ2) is 5.67. The number of anilines is 1. The van der Waals surface area contributed by atoms with Crippen molar-refractivity contribution in [2.24, 2.45) is 5.73 Å². The molecule has 0 fully saturated rings. The van der Waals surface area contributed by atoms with E-state index in [1.165, 1.54) is 17.0 Å². The maximum Gasteiger partial charge on any atom is 0.293 e. The molecule has 0 atom stereocenters. The first-order chi connectivity index (χ1) is 9.15. The van der Waals surface area contributed by atoms with Crippen molar-refractivity contribution < 1.29 is 13.6 Å². The van der Waals surface area contributed by atoms with E-state index in [-0.39, 0.29) is 24.0 Å². The summed E-state index contributed by atoms with van der Waals surface area (Å²) >= 11 is 0. The first-order valence-electron chi connectivity index (χ1n) is 6.02. The van der Waals surface area contributed by atoms with Crippen LogP contribution in [0.5, 0.6) is 0 Å². The van der Waals surface area contributed by atoms with E-state index < -0.39 is 0 Å². The molecule has 0 radical (unpaired) electrons. The molecule has 1 aromatic carbocycles. The van der Waals surface area contributed by atoms with Crippen LogP contribution in [0, 0.1) is 5.82 Å². The lowest BCUT2D eigenvalue weighted by atomic mass is 10.2. The summed E-state index contributed by atoms with van der Waals surface area (Å²) in [7, 11) is 0. The SMILES string of the molecule is CCN(C(=O)c1ccc(CN)o1)c1ccc(F)cc1. The molecular weight excluding hydrogens is 247 g/mol. The Balaban J connectivity index is 2.26. The highest BCUT2D eigenvalue weighted by Crippen LogP contribution is 2.18. The predicted molar refractivity (Wildman–Crippen MR) is 70.3 cm³/mol. The summed E-state index contributed by atoms with van der Waals surface area (Å²) in [6.45, 7) is 2.55. The first kappa shape index (κ1) is 13.3. The van der Waals surface area contributed by atoms with Gasteiger partial charge in [0.1, 0.15) is 11.6 Å². The number of amides is 1. The third kappa shape index (κ3) is 2.82. The summed E-state index contributed by atoms with van der Waals surface area (Å²) < 4.78 is 18.2. The Morgan fingerprint density at radius 3 is 2.47 bits per heavy atom. The number of furan rings is 1. The number of nitrogens with zero attached hydrogens (tertiary/aromatic N) is 1. The van der Waals surface area contributed by atoms with Crippen molar-refractivity contribution in [2.45, 2.75) is 13.5 Å². The minimum absolute atomic E-state index is 0.228. The minimum atomic E-state index is -0.337. The van der Waals surface area contributed by atoms with E-state index >= 15 is 0 Å².